The zero-order chi connectivity index (χ0) is 21.1. The van der Waals surface area contributed by atoms with E-state index in [9.17, 15) is 4.79 Å². The molecule has 31 heavy (non-hydrogen) atoms. The summed E-state index contributed by atoms with van der Waals surface area (Å²) in [6.45, 7) is 0. The van der Waals surface area contributed by atoms with E-state index in [1.807, 2.05) is 17.0 Å². The number of carbonyl (C=O) groups excluding carboxylic acids is 1. The van der Waals surface area contributed by atoms with Crippen LogP contribution >= 0.6 is 12.2 Å². The molecular weight excluding hydrogens is 406 g/mol. The van der Waals surface area contributed by atoms with Crippen molar-refractivity contribution in [2.45, 2.75) is 62.7 Å². The van der Waals surface area contributed by atoms with Crippen molar-refractivity contribution < 1.29 is 9.53 Å². The molecule has 1 saturated heterocycles. The molecule has 1 aromatic rings. The van der Waals surface area contributed by atoms with Crippen LogP contribution in [0.5, 0.6) is 5.75 Å². The number of amides is 1. The largest absolute Gasteiger partial charge is 0.497 e. The molecule has 1 aromatic carbocycles. The van der Waals surface area contributed by atoms with Crippen molar-refractivity contribution in [2.24, 2.45) is 0 Å². The Hall–Kier alpha value is -2.60. The zero-order valence-electron chi connectivity index (χ0n) is 17.7. The topological polar surface area (TPSA) is 44.8 Å². The molecule has 3 heterocycles. The van der Waals surface area contributed by atoms with Crippen molar-refractivity contribution in [2.75, 3.05) is 7.11 Å². The second-order valence-electron chi connectivity index (χ2n) is 9.11. The quantitative estimate of drug-likeness (QED) is 0.731. The minimum Gasteiger partial charge on any atom is -0.497 e. The van der Waals surface area contributed by atoms with Crippen LogP contribution in [0.3, 0.4) is 0 Å². The summed E-state index contributed by atoms with van der Waals surface area (Å²) in [7, 11) is 1.68. The number of nitrogens with one attached hydrogen (secondary N) is 1. The summed E-state index contributed by atoms with van der Waals surface area (Å²) in [5.41, 5.74) is 5.00. The van der Waals surface area contributed by atoms with Crippen LogP contribution in [-0.2, 0) is 4.79 Å². The Morgan fingerprint density at radius 3 is 2.68 bits per heavy atom. The van der Waals surface area contributed by atoms with E-state index in [-0.39, 0.29) is 24.0 Å². The Kier molecular flexibility index (Phi) is 4.46. The molecular formula is C25H27N3O2S. The van der Waals surface area contributed by atoms with Crippen LogP contribution in [0.15, 0.2) is 59.3 Å². The molecule has 0 spiro atoms. The Labute approximate surface area is 188 Å². The molecule has 0 radical (unpaired) electrons. The van der Waals surface area contributed by atoms with Crippen molar-refractivity contribution in [3.05, 3.63) is 64.9 Å². The Balaban J connectivity index is 1.46. The summed E-state index contributed by atoms with van der Waals surface area (Å²) >= 11 is 5.99. The van der Waals surface area contributed by atoms with Gasteiger partial charge in [-0.3, -0.25) is 9.69 Å². The van der Waals surface area contributed by atoms with Gasteiger partial charge in [0.2, 0.25) is 0 Å². The molecule has 0 bridgehead atoms. The number of hydrogen-bond donors (Lipinski definition) is 1. The van der Waals surface area contributed by atoms with E-state index in [4.69, 9.17) is 17.0 Å². The smallest absolute Gasteiger partial charge is 0.252 e. The molecule has 2 aliphatic carbocycles. The number of nitrogens with zero attached hydrogens (tertiary/aromatic N) is 2. The summed E-state index contributed by atoms with van der Waals surface area (Å²) in [5, 5.41) is 4.51. The number of ether oxygens (including phenoxy) is 1. The first-order valence-electron chi connectivity index (χ1n) is 11.3. The number of methoxy groups -OCH3 is 1. The second-order valence-corrected chi connectivity index (χ2v) is 9.47. The number of fused-ring (bicyclic) bond motifs is 3. The average molecular weight is 434 g/mol. The highest BCUT2D eigenvalue weighted by molar-refractivity contribution is 7.80. The van der Waals surface area contributed by atoms with Crippen LogP contribution < -0.4 is 10.1 Å². The van der Waals surface area contributed by atoms with Crippen LogP contribution in [-0.4, -0.2) is 46.1 Å². The lowest BCUT2D eigenvalue weighted by atomic mass is 9.85. The fourth-order valence-electron chi connectivity index (χ4n) is 6.03. The normalized spacial score (nSPS) is 29.7. The van der Waals surface area contributed by atoms with Gasteiger partial charge in [-0.05, 0) is 60.3 Å². The third kappa shape index (κ3) is 2.80. The number of benzene rings is 1. The highest BCUT2D eigenvalue weighted by Crippen LogP contribution is 2.49. The molecule has 5 aliphatic rings. The van der Waals surface area contributed by atoms with Crippen LogP contribution in [0.1, 0.15) is 50.1 Å². The molecule has 1 N–H and O–H groups in total. The number of hydrogen-bond acceptors (Lipinski definition) is 4. The maximum absolute atomic E-state index is 13.7. The SMILES string of the molecule is COc1ccc(C2C3=C(CC4C(=O)N(C5CCCC5)C(=S)N42)C2=CC=CCC2N3)cc1. The first kappa shape index (κ1) is 19.1. The van der Waals surface area contributed by atoms with Crippen LogP contribution in [0, 0.1) is 0 Å². The van der Waals surface area contributed by atoms with Crippen LogP contribution in [0.2, 0.25) is 0 Å². The molecule has 1 saturated carbocycles. The third-order valence-electron chi connectivity index (χ3n) is 7.52. The van der Waals surface area contributed by atoms with E-state index >= 15 is 0 Å². The van der Waals surface area contributed by atoms with Gasteiger partial charge >= 0.3 is 0 Å². The van der Waals surface area contributed by atoms with E-state index in [1.54, 1.807) is 7.11 Å². The predicted molar refractivity (Wildman–Crippen MR) is 123 cm³/mol. The minimum absolute atomic E-state index is 0.0750. The van der Waals surface area contributed by atoms with Gasteiger partial charge in [0, 0.05) is 18.2 Å². The van der Waals surface area contributed by atoms with Gasteiger partial charge in [0.1, 0.15) is 11.8 Å². The van der Waals surface area contributed by atoms with E-state index in [0.717, 1.165) is 37.0 Å². The maximum atomic E-state index is 13.7. The number of rotatable bonds is 3. The lowest BCUT2D eigenvalue weighted by Crippen LogP contribution is -2.44. The van der Waals surface area contributed by atoms with Crippen molar-refractivity contribution in [1.29, 1.82) is 0 Å². The molecule has 3 unspecified atom stereocenters. The highest BCUT2D eigenvalue weighted by atomic mass is 32.1. The lowest BCUT2D eigenvalue weighted by molar-refractivity contribution is -0.129. The number of carbonyl (C=O) groups is 1. The second kappa shape index (κ2) is 7.23. The summed E-state index contributed by atoms with van der Waals surface area (Å²) in [4.78, 5) is 17.8. The summed E-state index contributed by atoms with van der Waals surface area (Å²) in [6, 6.07) is 8.48. The number of thiocarbonyl (C=S) groups is 1. The van der Waals surface area contributed by atoms with Crippen molar-refractivity contribution in [1.82, 2.24) is 15.1 Å². The summed E-state index contributed by atoms with van der Waals surface area (Å²) in [6.07, 6.45) is 12.8. The van der Waals surface area contributed by atoms with Gasteiger partial charge in [0.05, 0.1) is 19.2 Å². The molecule has 6 heteroatoms. The maximum Gasteiger partial charge on any atom is 0.252 e. The average Bonchev–Trinajstić information content (AvgIpc) is 3.50. The zero-order valence-corrected chi connectivity index (χ0v) is 18.5. The van der Waals surface area contributed by atoms with Gasteiger partial charge in [0.25, 0.3) is 5.91 Å². The Morgan fingerprint density at radius 1 is 1.16 bits per heavy atom. The van der Waals surface area contributed by atoms with E-state index in [1.165, 1.54) is 29.7 Å². The lowest BCUT2D eigenvalue weighted by Gasteiger charge is -2.38. The summed E-state index contributed by atoms with van der Waals surface area (Å²) in [5.74, 6) is 1.02. The molecule has 0 aromatic heterocycles. The van der Waals surface area contributed by atoms with Crippen molar-refractivity contribution >= 4 is 23.2 Å². The molecule has 1 amide bonds. The molecule has 2 fully saturated rings. The van der Waals surface area contributed by atoms with Gasteiger partial charge in [-0.1, -0.05) is 43.2 Å². The first-order chi connectivity index (χ1) is 15.2. The predicted octanol–water partition coefficient (Wildman–Crippen LogP) is 3.99. The van der Waals surface area contributed by atoms with E-state index < -0.39 is 0 Å². The van der Waals surface area contributed by atoms with Gasteiger partial charge in [-0.2, -0.15) is 0 Å². The monoisotopic (exact) mass is 433 g/mol. The van der Waals surface area contributed by atoms with Gasteiger partial charge in [-0.25, -0.2) is 0 Å². The molecule has 6 rings (SSSR count). The fourth-order valence-corrected chi connectivity index (χ4v) is 6.50. The van der Waals surface area contributed by atoms with Crippen molar-refractivity contribution in [3.63, 3.8) is 0 Å². The standard InChI is InChI=1S/C25H27N3O2S/c1-30-17-12-10-15(11-13-17)23-22-19(18-8-4-5-9-20(18)26-22)14-21-24(29)27(25(31)28(21)23)16-6-2-3-7-16/h4-5,8,10-13,16,20-21,23,26H,2-3,6-7,9,14H2,1H3. The minimum atomic E-state index is -0.216. The van der Waals surface area contributed by atoms with Crippen molar-refractivity contribution in [3.8, 4) is 5.75 Å². The molecule has 3 atom stereocenters. The highest BCUT2D eigenvalue weighted by Gasteiger charge is 2.54. The Bertz CT molecular complexity index is 1040. The van der Waals surface area contributed by atoms with Gasteiger partial charge in [-0.15, -0.1) is 0 Å². The first-order valence-corrected chi connectivity index (χ1v) is 11.7. The van der Waals surface area contributed by atoms with E-state index in [2.05, 4.69) is 40.6 Å². The third-order valence-corrected chi connectivity index (χ3v) is 7.93. The van der Waals surface area contributed by atoms with Gasteiger partial charge in [0.15, 0.2) is 5.11 Å². The fraction of sp³-hybridized carbons (Fsp3) is 0.440. The van der Waals surface area contributed by atoms with Gasteiger partial charge < -0.3 is 15.0 Å². The molecule has 160 valence electrons. The van der Waals surface area contributed by atoms with Crippen LogP contribution in [0.4, 0.5) is 0 Å². The molecule has 3 aliphatic heterocycles. The number of allylic oxidation sites excluding steroid dienone is 2. The Morgan fingerprint density at radius 2 is 1.94 bits per heavy atom. The van der Waals surface area contributed by atoms with E-state index in [0.29, 0.717) is 11.2 Å². The molecule has 5 nitrogen and oxygen atoms in total. The summed E-state index contributed by atoms with van der Waals surface area (Å²) < 4.78 is 5.38. The van der Waals surface area contributed by atoms with Crippen LogP contribution in [0.25, 0.3) is 0 Å².